The summed E-state index contributed by atoms with van der Waals surface area (Å²) >= 11 is 0. The highest BCUT2D eigenvalue weighted by Gasteiger charge is 2.13. The van der Waals surface area contributed by atoms with Crippen LogP contribution >= 0.6 is 0 Å². The van der Waals surface area contributed by atoms with Crippen LogP contribution in [0.5, 0.6) is 5.75 Å². The Hall–Kier alpha value is -2.98. The number of methoxy groups -OCH3 is 1. The van der Waals surface area contributed by atoms with Crippen molar-refractivity contribution < 1.29 is 13.2 Å². The summed E-state index contributed by atoms with van der Waals surface area (Å²) in [5, 5.41) is 15.2. The van der Waals surface area contributed by atoms with Gasteiger partial charge >= 0.3 is 0 Å². The Morgan fingerprint density at radius 3 is 2.69 bits per heavy atom. The first-order chi connectivity index (χ1) is 12.6. The third-order valence-electron chi connectivity index (χ3n) is 3.46. The highest BCUT2D eigenvalue weighted by molar-refractivity contribution is 7.89. The van der Waals surface area contributed by atoms with Gasteiger partial charge in [-0.1, -0.05) is 6.07 Å². The standard InChI is InChI=1S/C16H18N6O3S/c1-25-13-4-2-5-14(12-13)26(23,24)19-10-9-17-15-6-7-16(21-20-15)22-11-3-8-18-22/h2-8,11-12,19H,9-10H2,1H3,(H,17,20). The van der Waals surface area contributed by atoms with Crippen molar-refractivity contribution in [1.29, 1.82) is 0 Å². The molecule has 3 rings (SSSR count). The third kappa shape index (κ3) is 4.35. The Morgan fingerprint density at radius 1 is 1.12 bits per heavy atom. The smallest absolute Gasteiger partial charge is 0.240 e. The van der Waals surface area contributed by atoms with Crippen LogP contribution in [0, 0.1) is 0 Å². The highest BCUT2D eigenvalue weighted by Crippen LogP contribution is 2.16. The van der Waals surface area contributed by atoms with Crippen molar-refractivity contribution in [2.75, 3.05) is 25.5 Å². The molecular formula is C16H18N6O3S. The average molecular weight is 374 g/mol. The Morgan fingerprint density at radius 2 is 2.00 bits per heavy atom. The summed E-state index contributed by atoms with van der Waals surface area (Å²) < 4.78 is 33.7. The van der Waals surface area contributed by atoms with Gasteiger partial charge in [-0.15, -0.1) is 10.2 Å². The molecular weight excluding hydrogens is 356 g/mol. The van der Waals surface area contributed by atoms with E-state index in [-0.39, 0.29) is 11.4 Å². The Kier molecular flexibility index (Phi) is 5.44. The maximum absolute atomic E-state index is 12.3. The number of nitrogens with one attached hydrogen (secondary N) is 2. The molecule has 0 spiro atoms. The van der Waals surface area contributed by atoms with Gasteiger partial charge in [-0.05, 0) is 30.3 Å². The van der Waals surface area contributed by atoms with Crippen LogP contribution in [0.15, 0.2) is 59.8 Å². The quantitative estimate of drug-likeness (QED) is 0.567. The molecule has 10 heteroatoms. The number of nitrogens with zero attached hydrogens (tertiary/aromatic N) is 4. The largest absolute Gasteiger partial charge is 0.497 e. The minimum Gasteiger partial charge on any atom is -0.497 e. The minimum absolute atomic E-state index is 0.153. The summed E-state index contributed by atoms with van der Waals surface area (Å²) in [5.41, 5.74) is 0. The van der Waals surface area contributed by atoms with Gasteiger partial charge in [-0.25, -0.2) is 17.8 Å². The maximum atomic E-state index is 12.3. The summed E-state index contributed by atoms with van der Waals surface area (Å²) in [5.74, 6) is 1.62. The zero-order valence-electron chi connectivity index (χ0n) is 14.0. The maximum Gasteiger partial charge on any atom is 0.240 e. The van der Waals surface area contributed by atoms with Crippen LogP contribution in [0.4, 0.5) is 5.82 Å². The molecule has 2 heterocycles. The van der Waals surface area contributed by atoms with Crippen LogP contribution in [0.1, 0.15) is 0 Å². The Bertz CT molecular complexity index is 942. The van der Waals surface area contributed by atoms with Crippen LogP contribution in [-0.4, -0.2) is 48.6 Å². The van der Waals surface area contributed by atoms with Crippen molar-refractivity contribution in [2.24, 2.45) is 0 Å². The lowest BCUT2D eigenvalue weighted by Crippen LogP contribution is -2.29. The average Bonchev–Trinajstić information content (AvgIpc) is 3.20. The first-order valence-electron chi connectivity index (χ1n) is 7.80. The first kappa shape index (κ1) is 17.8. The summed E-state index contributed by atoms with van der Waals surface area (Å²) in [6, 6.07) is 11.6. The van der Waals surface area contributed by atoms with E-state index in [0.717, 1.165) is 0 Å². The lowest BCUT2D eigenvalue weighted by atomic mass is 10.3. The topological polar surface area (TPSA) is 111 Å². The summed E-state index contributed by atoms with van der Waals surface area (Å²) in [4.78, 5) is 0.153. The molecule has 0 aliphatic carbocycles. The fourth-order valence-electron chi connectivity index (χ4n) is 2.17. The molecule has 0 unspecified atom stereocenters. The molecule has 136 valence electrons. The molecule has 0 aliphatic heterocycles. The Balaban J connectivity index is 1.52. The SMILES string of the molecule is COc1cccc(S(=O)(=O)NCCNc2ccc(-n3cccn3)nn2)c1. The van der Waals surface area contributed by atoms with Crippen LogP contribution < -0.4 is 14.8 Å². The predicted octanol–water partition coefficient (Wildman–Crippen LogP) is 1.06. The van der Waals surface area contributed by atoms with Gasteiger partial charge in [0.2, 0.25) is 10.0 Å². The van der Waals surface area contributed by atoms with E-state index < -0.39 is 10.0 Å². The van der Waals surface area contributed by atoms with Crippen molar-refractivity contribution in [3.05, 3.63) is 54.9 Å². The summed E-state index contributed by atoms with van der Waals surface area (Å²) in [6.07, 6.45) is 3.42. The molecule has 0 aliphatic rings. The summed E-state index contributed by atoms with van der Waals surface area (Å²) in [6.45, 7) is 0.557. The van der Waals surface area contributed by atoms with E-state index in [0.29, 0.717) is 23.9 Å². The zero-order chi connectivity index (χ0) is 18.4. The van der Waals surface area contributed by atoms with Gasteiger partial charge < -0.3 is 10.1 Å². The molecule has 0 amide bonds. The van der Waals surface area contributed by atoms with Crippen LogP contribution in [0.3, 0.4) is 0 Å². The van der Waals surface area contributed by atoms with Crippen molar-refractivity contribution in [1.82, 2.24) is 24.7 Å². The molecule has 2 N–H and O–H groups in total. The second-order valence-electron chi connectivity index (χ2n) is 5.23. The fourth-order valence-corrected chi connectivity index (χ4v) is 3.24. The van der Waals surface area contributed by atoms with Crippen molar-refractivity contribution >= 4 is 15.8 Å². The molecule has 0 saturated carbocycles. The van der Waals surface area contributed by atoms with Crippen molar-refractivity contribution in [3.63, 3.8) is 0 Å². The zero-order valence-corrected chi connectivity index (χ0v) is 14.8. The molecule has 0 radical (unpaired) electrons. The van der Waals surface area contributed by atoms with Gasteiger partial charge in [0.1, 0.15) is 11.6 Å². The van der Waals surface area contributed by atoms with Crippen LogP contribution in [0.25, 0.3) is 5.82 Å². The van der Waals surface area contributed by atoms with E-state index in [1.165, 1.54) is 19.2 Å². The number of rotatable bonds is 8. The molecule has 26 heavy (non-hydrogen) atoms. The van der Waals surface area contributed by atoms with Gasteiger partial charge in [0.25, 0.3) is 0 Å². The molecule has 9 nitrogen and oxygen atoms in total. The fraction of sp³-hybridized carbons (Fsp3) is 0.188. The van der Waals surface area contributed by atoms with E-state index >= 15 is 0 Å². The second kappa shape index (κ2) is 7.93. The number of sulfonamides is 1. The van der Waals surface area contributed by atoms with Gasteiger partial charge in [0.05, 0.1) is 12.0 Å². The second-order valence-corrected chi connectivity index (χ2v) is 7.00. The van der Waals surface area contributed by atoms with Crippen molar-refractivity contribution in [3.8, 4) is 11.6 Å². The molecule has 2 aromatic heterocycles. The van der Waals surface area contributed by atoms with E-state index in [2.05, 4.69) is 25.3 Å². The molecule has 0 atom stereocenters. The normalized spacial score (nSPS) is 11.3. The van der Waals surface area contributed by atoms with E-state index in [9.17, 15) is 8.42 Å². The van der Waals surface area contributed by atoms with Gasteiger partial charge in [-0.2, -0.15) is 5.10 Å². The van der Waals surface area contributed by atoms with Crippen LogP contribution in [0.2, 0.25) is 0 Å². The number of anilines is 1. The lowest BCUT2D eigenvalue weighted by molar-refractivity contribution is 0.413. The van der Waals surface area contributed by atoms with E-state index in [1.807, 2.05) is 0 Å². The van der Waals surface area contributed by atoms with Gasteiger partial charge in [-0.3, -0.25) is 0 Å². The number of hydrogen-bond donors (Lipinski definition) is 2. The van der Waals surface area contributed by atoms with Crippen molar-refractivity contribution in [2.45, 2.75) is 4.90 Å². The first-order valence-corrected chi connectivity index (χ1v) is 9.28. The predicted molar refractivity (Wildman–Crippen MR) is 95.8 cm³/mol. The van der Waals surface area contributed by atoms with Gasteiger partial charge in [0.15, 0.2) is 5.82 Å². The molecule has 0 bridgehead atoms. The molecule has 0 saturated heterocycles. The number of aromatic nitrogens is 4. The Labute approximate surface area is 151 Å². The van der Waals surface area contributed by atoms with E-state index in [1.54, 1.807) is 47.4 Å². The van der Waals surface area contributed by atoms with Crippen LogP contribution in [-0.2, 0) is 10.0 Å². The monoisotopic (exact) mass is 374 g/mol. The highest BCUT2D eigenvalue weighted by atomic mass is 32.2. The number of ether oxygens (including phenoxy) is 1. The lowest BCUT2D eigenvalue weighted by Gasteiger charge is -2.09. The molecule has 1 aromatic carbocycles. The van der Waals surface area contributed by atoms with Gasteiger partial charge in [0, 0.05) is 31.5 Å². The number of benzene rings is 1. The molecule has 0 fully saturated rings. The minimum atomic E-state index is -3.60. The molecule has 3 aromatic rings. The number of hydrogen-bond acceptors (Lipinski definition) is 7. The summed E-state index contributed by atoms with van der Waals surface area (Å²) in [7, 11) is -2.11. The third-order valence-corrected chi connectivity index (χ3v) is 4.92. The van der Waals surface area contributed by atoms with E-state index in [4.69, 9.17) is 4.74 Å².